The first-order valence-corrected chi connectivity index (χ1v) is 21.5. The molecule has 1 aliphatic rings. The molecule has 5 atom stereocenters. The molecule has 4 aromatic rings. The molecule has 0 aliphatic carbocycles. The highest BCUT2D eigenvalue weighted by Crippen LogP contribution is 2.42. The third-order valence-electron chi connectivity index (χ3n) is 7.35. The Bertz CT molecular complexity index is 2110. The van der Waals surface area contributed by atoms with E-state index in [4.69, 9.17) is 42.1 Å². The molecule has 5 rings (SSSR count). The Morgan fingerprint density at radius 3 is 2.05 bits per heavy atom. The summed E-state index contributed by atoms with van der Waals surface area (Å²) in [6.45, 7) is 9.54. The van der Waals surface area contributed by atoms with Crippen LogP contribution in [0.25, 0.3) is 11.3 Å². The van der Waals surface area contributed by atoms with Gasteiger partial charge in [-0.05, 0) is 54.6 Å². The summed E-state index contributed by atoms with van der Waals surface area (Å²) in [5.41, 5.74) is 3.02. The second-order valence-electron chi connectivity index (χ2n) is 13.0. The van der Waals surface area contributed by atoms with E-state index in [0.29, 0.717) is 15.5 Å². The molecule has 1 aliphatic heterocycles. The lowest BCUT2D eigenvalue weighted by atomic mass is 9.96. The van der Waals surface area contributed by atoms with Crippen molar-refractivity contribution in [1.82, 2.24) is 15.0 Å². The maximum Gasteiger partial charge on any atom is 0.303 e. The lowest BCUT2D eigenvalue weighted by Crippen LogP contribution is -2.57. The van der Waals surface area contributed by atoms with Crippen molar-refractivity contribution < 1.29 is 50.9 Å². The van der Waals surface area contributed by atoms with Crippen molar-refractivity contribution in [2.24, 2.45) is 0 Å². The number of benzene rings is 3. The van der Waals surface area contributed by atoms with Crippen LogP contribution < -0.4 is 0 Å². The van der Waals surface area contributed by atoms with Crippen LogP contribution in [-0.2, 0) is 33.3 Å². The van der Waals surface area contributed by atoms with E-state index >= 15 is 0 Å². The quantitative estimate of drug-likeness (QED) is 0.0565. The van der Waals surface area contributed by atoms with Crippen LogP contribution in [0.2, 0.25) is 29.7 Å². The SMILES string of the molecule is CC(=O)OC[C@H]1O[C@H](Sc2ccc(Cl)c(Cl)c2)[C@H](OC(C)=O)[C@@H](n2cc(-c3ccc(F)c(F)c3)nn2)[C@H]1OC(C)=O.C[Si](C)(C)C#Cc1ccc(F)c(F)c1. The molecule has 55 heavy (non-hydrogen) atoms. The molecule has 0 radical (unpaired) electrons. The third-order valence-corrected chi connectivity index (χ3v) is 10.1. The van der Waals surface area contributed by atoms with Gasteiger partial charge >= 0.3 is 17.9 Å². The topological polar surface area (TPSA) is 119 Å². The van der Waals surface area contributed by atoms with E-state index in [9.17, 15) is 31.9 Å². The molecule has 292 valence electrons. The Morgan fingerprint density at radius 1 is 0.836 bits per heavy atom. The largest absolute Gasteiger partial charge is 0.463 e. The van der Waals surface area contributed by atoms with E-state index in [1.165, 1.54) is 43.8 Å². The molecular weight excluding hydrogens is 805 g/mol. The summed E-state index contributed by atoms with van der Waals surface area (Å²) in [4.78, 5) is 36.7. The Labute approximate surface area is 329 Å². The van der Waals surface area contributed by atoms with Crippen LogP contribution in [0.15, 0.2) is 65.7 Å². The first-order valence-electron chi connectivity index (χ1n) is 16.4. The number of hydrogen-bond acceptors (Lipinski definition) is 10. The van der Waals surface area contributed by atoms with Gasteiger partial charge in [0.05, 0.1) is 16.2 Å². The molecule has 2 heterocycles. The standard InChI is InChI=1S/C26H23Cl2F2N3O7S.C11H12F2Si/c1-12(34)37-11-22-24(38-13(2)35)23(33-10-21(31-32-33)15-4-7-19(29)20(30)8-15)25(39-14(3)36)26(40-22)41-16-5-6-17(27)18(28)9-16;1-14(2,3)7-6-9-4-5-10(12)11(13)8-9/h4-10,22-26H,11H2,1-3H3;4-5,8H,1-3H3/t22-,23+,24+,25-,26-;/m1./s1. The monoisotopic (exact) mass is 839 g/mol. The maximum atomic E-state index is 13.9. The smallest absolute Gasteiger partial charge is 0.303 e. The zero-order chi connectivity index (χ0) is 40.6. The van der Waals surface area contributed by atoms with Crippen LogP contribution >= 0.6 is 35.0 Å². The van der Waals surface area contributed by atoms with Crippen LogP contribution in [0.5, 0.6) is 0 Å². The molecule has 0 unspecified atom stereocenters. The number of ether oxygens (including phenoxy) is 4. The van der Waals surface area contributed by atoms with Gasteiger partial charge in [-0.1, -0.05) is 65.7 Å². The highest BCUT2D eigenvalue weighted by Gasteiger charge is 2.52. The normalized spacial score (nSPS) is 19.2. The number of nitrogens with zero attached hydrogens (tertiary/aromatic N) is 3. The van der Waals surface area contributed by atoms with Crippen molar-refractivity contribution in [2.45, 2.75) is 75.1 Å². The minimum atomic E-state index is -1.45. The lowest BCUT2D eigenvalue weighted by molar-refractivity contribution is -0.212. The number of halogens is 6. The highest BCUT2D eigenvalue weighted by molar-refractivity contribution is 7.99. The fourth-order valence-electron chi connectivity index (χ4n) is 5.01. The molecule has 0 spiro atoms. The van der Waals surface area contributed by atoms with Crippen molar-refractivity contribution in [1.29, 1.82) is 0 Å². The number of esters is 3. The first kappa shape index (κ1) is 43.3. The minimum absolute atomic E-state index is 0.156. The van der Waals surface area contributed by atoms with Gasteiger partial charge in [0, 0.05) is 36.8 Å². The van der Waals surface area contributed by atoms with E-state index in [1.807, 2.05) is 0 Å². The summed E-state index contributed by atoms with van der Waals surface area (Å²) in [5.74, 6) is -2.92. The van der Waals surface area contributed by atoms with Gasteiger partial charge in [0.1, 0.15) is 38.0 Å². The lowest BCUT2D eigenvalue weighted by Gasteiger charge is -2.44. The number of thioether (sulfide) groups is 1. The predicted molar refractivity (Wildman–Crippen MR) is 200 cm³/mol. The minimum Gasteiger partial charge on any atom is -0.463 e. The van der Waals surface area contributed by atoms with Crippen LogP contribution in [0, 0.1) is 34.7 Å². The summed E-state index contributed by atoms with van der Waals surface area (Å²) < 4.78 is 76.8. The van der Waals surface area contributed by atoms with Crippen molar-refractivity contribution in [3.8, 4) is 22.7 Å². The molecular formula is C37H35Cl2F4N3O7SSi. The van der Waals surface area contributed by atoms with E-state index < -0.39 is 79.0 Å². The van der Waals surface area contributed by atoms with E-state index in [0.717, 1.165) is 36.0 Å². The molecule has 10 nitrogen and oxygen atoms in total. The van der Waals surface area contributed by atoms with Gasteiger partial charge in [-0.3, -0.25) is 14.4 Å². The van der Waals surface area contributed by atoms with Crippen LogP contribution in [0.4, 0.5) is 17.6 Å². The van der Waals surface area contributed by atoms with Gasteiger partial charge in [-0.25, -0.2) is 22.2 Å². The van der Waals surface area contributed by atoms with Crippen LogP contribution in [0.3, 0.4) is 0 Å². The van der Waals surface area contributed by atoms with Crippen molar-refractivity contribution in [2.75, 3.05) is 6.61 Å². The molecule has 1 fully saturated rings. The predicted octanol–water partition coefficient (Wildman–Crippen LogP) is 8.21. The number of rotatable bonds is 8. The molecule has 1 saturated heterocycles. The number of hydrogen-bond donors (Lipinski definition) is 0. The van der Waals surface area contributed by atoms with Crippen LogP contribution in [0.1, 0.15) is 32.4 Å². The van der Waals surface area contributed by atoms with E-state index in [1.54, 1.807) is 18.2 Å². The summed E-state index contributed by atoms with van der Waals surface area (Å²) in [6, 6.07) is 10.7. The number of aromatic nitrogens is 3. The molecule has 3 aromatic carbocycles. The first-order chi connectivity index (χ1) is 25.8. The van der Waals surface area contributed by atoms with Gasteiger partial charge in [0.15, 0.2) is 35.5 Å². The molecule has 0 saturated carbocycles. The molecule has 0 amide bonds. The Kier molecular flexibility index (Phi) is 14.9. The van der Waals surface area contributed by atoms with E-state index in [-0.39, 0.29) is 22.9 Å². The zero-order valence-electron chi connectivity index (χ0n) is 30.2. The highest BCUT2D eigenvalue weighted by atomic mass is 35.5. The van der Waals surface area contributed by atoms with Crippen molar-refractivity contribution in [3.63, 3.8) is 0 Å². The van der Waals surface area contributed by atoms with Crippen molar-refractivity contribution >= 4 is 60.9 Å². The van der Waals surface area contributed by atoms with Gasteiger partial charge in [-0.2, -0.15) is 0 Å². The average molecular weight is 841 g/mol. The van der Waals surface area contributed by atoms with Gasteiger partial charge in [0.25, 0.3) is 0 Å². The average Bonchev–Trinajstić information content (AvgIpc) is 3.58. The van der Waals surface area contributed by atoms with Crippen molar-refractivity contribution in [3.05, 3.63) is 99.7 Å². The van der Waals surface area contributed by atoms with E-state index in [2.05, 4.69) is 41.4 Å². The summed E-state index contributed by atoms with van der Waals surface area (Å²) in [6.07, 6.45) is -1.99. The Hall–Kier alpha value is -4.40. The second kappa shape index (κ2) is 19.0. The van der Waals surface area contributed by atoms with Gasteiger partial charge in [0.2, 0.25) is 0 Å². The van der Waals surface area contributed by atoms with Gasteiger partial charge in [-0.15, -0.1) is 10.6 Å². The number of carbonyl (C=O) groups is 3. The van der Waals surface area contributed by atoms with Gasteiger partial charge < -0.3 is 18.9 Å². The zero-order valence-corrected chi connectivity index (χ0v) is 33.6. The maximum absolute atomic E-state index is 13.9. The summed E-state index contributed by atoms with van der Waals surface area (Å²) in [7, 11) is -1.45. The Morgan fingerprint density at radius 2 is 1.47 bits per heavy atom. The third kappa shape index (κ3) is 12.6. The fraction of sp³-hybridized carbons (Fsp3) is 0.324. The Balaban J connectivity index is 0.000000404. The number of carbonyl (C=O) groups excluding carboxylic acids is 3. The molecule has 18 heteroatoms. The molecule has 0 bridgehead atoms. The second-order valence-corrected chi connectivity index (χ2v) is 19.8. The summed E-state index contributed by atoms with van der Waals surface area (Å²) >= 11 is 13.4. The summed E-state index contributed by atoms with van der Waals surface area (Å²) in [5, 5.41) is 8.80. The fourth-order valence-corrected chi connectivity index (χ4v) is 7.04. The molecule has 0 N–H and O–H groups in total. The molecule has 1 aromatic heterocycles. The van der Waals surface area contributed by atoms with Crippen LogP contribution in [-0.4, -0.2) is 71.3 Å².